The van der Waals surface area contributed by atoms with Gasteiger partial charge in [0.05, 0.1) is 0 Å². The Bertz CT molecular complexity index is 319. The van der Waals surface area contributed by atoms with E-state index in [0.717, 1.165) is 18.9 Å². The fraction of sp³-hybridized carbons (Fsp3) is 0.571. The van der Waals surface area contributed by atoms with Crippen LogP contribution < -0.4 is 5.32 Å². The number of rotatable bonds is 2. The minimum atomic E-state index is 0.713. The van der Waals surface area contributed by atoms with Crippen LogP contribution in [0.1, 0.15) is 37.3 Å². The first-order valence-electron chi connectivity index (χ1n) is 6.10. The van der Waals surface area contributed by atoms with Gasteiger partial charge < -0.3 is 5.32 Å². The summed E-state index contributed by atoms with van der Waals surface area (Å²) in [6.07, 6.45) is 2.45. The normalized spacial score (nSPS) is 26.5. The summed E-state index contributed by atoms with van der Waals surface area (Å²) >= 11 is 0. The van der Waals surface area contributed by atoms with E-state index in [1.165, 1.54) is 24.1 Å². The third-order valence-electron chi connectivity index (χ3n) is 3.62. The van der Waals surface area contributed by atoms with Crippen molar-refractivity contribution in [3.8, 4) is 0 Å². The predicted octanol–water partition coefficient (Wildman–Crippen LogP) is 2.96. The quantitative estimate of drug-likeness (QED) is 0.779. The van der Waals surface area contributed by atoms with Crippen molar-refractivity contribution in [1.29, 1.82) is 0 Å². The highest BCUT2D eigenvalue weighted by Crippen LogP contribution is 2.29. The molecule has 2 unspecified atom stereocenters. The van der Waals surface area contributed by atoms with Crippen LogP contribution in [-0.2, 0) is 6.42 Å². The van der Waals surface area contributed by atoms with Crippen molar-refractivity contribution in [2.45, 2.75) is 32.6 Å². The lowest BCUT2D eigenvalue weighted by atomic mass is 9.82. The van der Waals surface area contributed by atoms with Crippen LogP contribution in [0.15, 0.2) is 24.3 Å². The summed E-state index contributed by atoms with van der Waals surface area (Å²) in [6, 6.07) is 9.10. The second-order valence-corrected chi connectivity index (χ2v) is 4.68. The van der Waals surface area contributed by atoms with Gasteiger partial charge in [0.25, 0.3) is 0 Å². The Hall–Kier alpha value is -0.820. The van der Waals surface area contributed by atoms with Crippen LogP contribution in [0.4, 0.5) is 0 Å². The molecule has 1 heteroatoms. The van der Waals surface area contributed by atoms with Crippen LogP contribution in [0, 0.1) is 5.92 Å². The van der Waals surface area contributed by atoms with Gasteiger partial charge in [0.2, 0.25) is 0 Å². The number of aryl methyl sites for hydroxylation is 1. The molecule has 1 aromatic carbocycles. The first-order chi connectivity index (χ1) is 7.31. The van der Waals surface area contributed by atoms with Gasteiger partial charge in [-0.15, -0.1) is 0 Å². The first kappa shape index (κ1) is 10.7. The van der Waals surface area contributed by atoms with Gasteiger partial charge in [-0.25, -0.2) is 0 Å². The van der Waals surface area contributed by atoms with Crippen molar-refractivity contribution in [2.24, 2.45) is 5.92 Å². The molecular weight excluding hydrogens is 182 g/mol. The Morgan fingerprint density at radius 3 is 3.00 bits per heavy atom. The van der Waals surface area contributed by atoms with E-state index >= 15 is 0 Å². The average molecular weight is 203 g/mol. The van der Waals surface area contributed by atoms with Crippen LogP contribution in [-0.4, -0.2) is 13.1 Å². The maximum Gasteiger partial charge on any atom is 0.00227 e. The van der Waals surface area contributed by atoms with Gasteiger partial charge >= 0.3 is 0 Å². The number of benzene rings is 1. The minimum absolute atomic E-state index is 0.713. The highest BCUT2D eigenvalue weighted by atomic mass is 14.9. The molecule has 0 bridgehead atoms. The van der Waals surface area contributed by atoms with Crippen molar-refractivity contribution in [2.75, 3.05) is 13.1 Å². The summed E-state index contributed by atoms with van der Waals surface area (Å²) in [5.74, 6) is 1.53. The molecule has 1 saturated heterocycles. The Morgan fingerprint density at radius 1 is 1.40 bits per heavy atom. The lowest BCUT2D eigenvalue weighted by Gasteiger charge is -2.30. The predicted molar refractivity (Wildman–Crippen MR) is 65.2 cm³/mol. The maximum absolute atomic E-state index is 3.50. The summed E-state index contributed by atoms with van der Waals surface area (Å²) < 4.78 is 0. The van der Waals surface area contributed by atoms with Crippen LogP contribution in [0.5, 0.6) is 0 Å². The highest BCUT2D eigenvalue weighted by molar-refractivity contribution is 5.27. The Balaban J connectivity index is 2.19. The average Bonchev–Trinajstić information content (AvgIpc) is 2.30. The zero-order valence-electron chi connectivity index (χ0n) is 9.79. The fourth-order valence-electron chi connectivity index (χ4n) is 2.48. The Labute approximate surface area is 92.9 Å². The summed E-state index contributed by atoms with van der Waals surface area (Å²) in [4.78, 5) is 0. The van der Waals surface area contributed by atoms with E-state index in [9.17, 15) is 0 Å². The first-order valence-corrected chi connectivity index (χ1v) is 6.10. The molecule has 0 radical (unpaired) electrons. The van der Waals surface area contributed by atoms with Crippen LogP contribution in [0.3, 0.4) is 0 Å². The fourth-order valence-corrected chi connectivity index (χ4v) is 2.48. The molecule has 2 atom stereocenters. The summed E-state index contributed by atoms with van der Waals surface area (Å²) in [5, 5.41) is 3.50. The topological polar surface area (TPSA) is 12.0 Å². The number of nitrogens with one attached hydrogen (secondary N) is 1. The molecule has 15 heavy (non-hydrogen) atoms. The zero-order valence-corrected chi connectivity index (χ0v) is 9.79. The van der Waals surface area contributed by atoms with Crippen molar-refractivity contribution in [1.82, 2.24) is 5.32 Å². The van der Waals surface area contributed by atoms with E-state index in [0.29, 0.717) is 5.92 Å². The van der Waals surface area contributed by atoms with Crippen LogP contribution in [0.2, 0.25) is 0 Å². The molecule has 0 aromatic heterocycles. The summed E-state index contributed by atoms with van der Waals surface area (Å²) in [7, 11) is 0. The van der Waals surface area contributed by atoms with E-state index in [1.54, 1.807) is 0 Å². The number of hydrogen-bond acceptors (Lipinski definition) is 1. The van der Waals surface area contributed by atoms with Crippen molar-refractivity contribution in [3.05, 3.63) is 35.4 Å². The summed E-state index contributed by atoms with van der Waals surface area (Å²) in [6.45, 7) is 6.94. The monoisotopic (exact) mass is 203 g/mol. The molecule has 0 amide bonds. The number of piperidine rings is 1. The molecule has 1 aromatic rings. The third-order valence-corrected chi connectivity index (χ3v) is 3.62. The molecule has 1 nitrogen and oxygen atoms in total. The number of hydrogen-bond donors (Lipinski definition) is 1. The third kappa shape index (κ3) is 2.40. The molecular formula is C14H21N. The summed E-state index contributed by atoms with van der Waals surface area (Å²) in [5.41, 5.74) is 2.99. The largest absolute Gasteiger partial charge is 0.316 e. The van der Waals surface area contributed by atoms with Gasteiger partial charge in [-0.1, -0.05) is 38.1 Å². The standard InChI is InChI=1S/C14H21N/c1-3-12-5-4-6-13(9-12)14-10-15-8-7-11(14)2/h4-6,9,11,14-15H,3,7-8,10H2,1-2H3. The van der Waals surface area contributed by atoms with Crippen molar-refractivity contribution < 1.29 is 0 Å². The van der Waals surface area contributed by atoms with Gasteiger partial charge in [-0.2, -0.15) is 0 Å². The van der Waals surface area contributed by atoms with Crippen LogP contribution in [0.25, 0.3) is 0 Å². The van der Waals surface area contributed by atoms with Crippen LogP contribution >= 0.6 is 0 Å². The van der Waals surface area contributed by atoms with Gasteiger partial charge in [0.15, 0.2) is 0 Å². The van der Waals surface area contributed by atoms with E-state index < -0.39 is 0 Å². The second kappa shape index (κ2) is 4.80. The zero-order chi connectivity index (χ0) is 10.7. The van der Waals surface area contributed by atoms with Gasteiger partial charge in [-0.05, 0) is 42.3 Å². The highest BCUT2D eigenvalue weighted by Gasteiger charge is 2.22. The lowest BCUT2D eigenvalue weighted by molar-refractivity contribution is 0.348. The molecule has 0 aliphatic carbocycles. The van der Waals surface area contributed by atoms with Crippen molar-refractivity contribution >= 4 is 0 Å². The second-order valence-electron chi connectivity index (χ2n) is 4.68. The van der Waals surface area contributed by atoms with Gasteiger partial charge in [0.1, 0.15) is 0 Å². The van der Waals surface area contributed by atoms with Crippen molar-refractivity contribution in [3.63, 3.8) is 0 Å². The SMILES string of the molecule is CCc1cccc(C2CNCCC2C)c1. The molecule has 1 fully saturated rings. The smallest absolute Gasteiger partial charge is 0.00227 e. The molecule has 2 rings (SSSR count). The molecule has 82 valence electrons. The molecule has 1 heterocycles. The molecule has 1 aliphatic heterocycles. The van der Waals surface area contributed by atoms with E-state index in [1.807, 2.05) is 0 Å². The maximum atomic E-state index is 3.50. The molecule has 0 spiro atoms. The Morgan fingerprint density at radius 2 is 2.27 bits per heavy atom. The molecule has 0 saturated carbocycles. The van der Waals surface area contributed by atoms with E-state index in [4.69, 9.17) is 0 Å². The van der Waals surface area contributed by atoms with E-state index in [-0.39, 0.29) is 0 Å². The lowest BCUT2D eigenvalue weighted by Crippen LogP contribution is -2.33. The molecule has 1 aliphatic rings. The van der Waals surface area contributed by atoms with Gasteiger partial charge in [0, 0.05) is 6.54 Å². The Kier molecular flexibility index (Phi) is 3.42. The van der Waals surface area contributed by atoms with E-state index in [2.05, 4.69) is 43.4 Å². The van der Waals surface area contributed by atoms with Gasteiger partial charge in [-0.3, -0.25) is 0 Å². The minimum Gasteiger partial charge on any atom is -0.316 e. The molecule has 1 N–H and O–H groups in total.